The van der Waals surface area contributed by atoms with E-state index in [1.165, 1.54) is 0 Å². The minimum absolute atomic E-state index is 0.0950. The number of nitrogens with one attached hydrogen (secondary N) is 1. The minimum Gasteiger partial charge on any atom is -0.550 e. The van der Waals surface area contributed by atoms with Crippen molar-refractivity contribution >= 4 is 40.8 Å². The van der Waals surface area contributed by atoms with Crippen LogP contribution in [0, 0.1) is 5.41 Å². The van der Waals surface area contributed by atoms with Crippen molar-refractivity contribution in [3.05, 3.63) is 28.2 Å². The van der Waals surface area contributed by atoms with E-state index in [4.69, 9.17) is 23.2 Å². The Kier molecular flexibility index (Phi) is 5.84. The number of hydrogen-bond acceptors (Lipinski definition) is 3. The molecule has 0 unspecified atom stereocenters. The molecule has 0 saturated heterocycles. The van der Waals surface area contributed by atoms with Gasteiger partial charge in [0.05, 0.1) is 10.0 Å². The summed E-state index contributed by atoms with van der Waals surface area (Å²) in [7, 11) is 0. The van der Waals surface area contributed by atoms with E-state index in [2.05, 4.69) is 5.32 Å². The summed E-state index contributed by atoms with van der Waals surface area (Å²) in [6, 6.07) is 4.76. The summed E-state index contributed by atoms with van der Waals surface area (Å²) in [5.41, 5.74) is -0.102. The third kappa shape index (κ3) is 5.02. The predicted molar refractivity (Wildman–Crippen MR) is 77.7 cm³/mol. The van der Waals surface area contributed by atoms with Crippen LogP contribution in [-0.2, 0) is 9.59 Å². The molecule has 1 amide bonds. The largest absolute Gasteiger partial charge is 0.550 e. The van der Waals surface area contributed by atoms with Crippen LogP contribution in [0.15, 0.2) is 18.2 Å². The highest BCUT2D eigenvalue weighted by Crippen LogP contribution is 2.31. The van der Waals surface area contributed by atoms with Crippen molar-refractivity contribution < 1.29 is 14.7 Å². The van der Waals surface area contributed by atoms with Gasteiger partial charge in [-0.25, -0.2) is 0 Å². The number of benzene rings is 1. The molecular formula is C14H16Cl2NO3-. The number of anilines is 1. The second kappa shape index (κ2) is 6.95. The topological polar surface area (TPSA) is 69.2 Å². The molecule has 1 aromatic carbocycles. The standard InChI is InChI=1S/C14H17Cl2NO3/c1-3-14(2,8-13(19)20)7-12(18)17-9-4-5-10(15)11(16)6-9/h4-6H,3,7-8H2,1-2H3,(H,17,18)(H,19,20)/p-1/t14-/m1/s1. The Balaban J connectivity index is 2.70. The number of carbonyl (C=O) groups excluding carboxylic acids is 2. The Morgan fingerprint density at radius 2 is 1.90 bits per heavy atom. The van der Waals surface area contributed by atoms with Crippen LogP contribution >= 0.6 is 23.2 Å². The van der Waals surface area contributed by atoms with Gasteiger partial charge in [-0.3, -0.25) is 4.79 Å². The minimum atomic E-state index is -1.16. The van der Waals surface area contributed by atoms with Gasteiger partial charge in [0.2, 0.25) is 5.91 Å². The molecule has 0 spiro atoms. The Morgan fingerprint density at radius 1 is 1.25 bits per heavy atom. The van der Waals surface area contributed by atoms with Gasteiger partial charge in [-0.15, -0.1) is 0 Å². The number of rotatable bonds is 6. The van der Waals surface area contributed by atoms with Crippen molar-refractivity contribution in [3.63, 3.8) is 0 Å². The van der Waals surface area contributed by atoms with Gasteiger partial charge in [0.25, 0.3) is 0 Å². The number of hydrogen-bond donors (Lipinski definition) is 1. The van der Waals surface area contributed by atoms with Crippen LogP contribution in [0.3, 0.4) is 0 Å². The molecule has 1 aromatic rings. The SMILES string of the molecule is CC[C@@](C)(CC(=O)[O-])CC(=O)Nc1ccc(Cl)c(Cl)c1. The van der Waals surface area contributed by atoms with Crippen molar-refractivity contribution in [3.8, 4) is 0 Å². The maximum Gasteiger partial charge on any atom is 0.224 e. The smallest absolute Gasteiger partial charge is 0.224 e. The van der Waals surface area contributed by atoms with Crippen LogP contribution in [0.25, 0.3) is 0 Å². The number of amides is 1. The Hall–Kier alpha value is -1.26. The molecule has 0 saturated carbocycles. The Labute approximate surface area is 128 Å². The van der Waals surface area contributed by atoms with Gasteiger partial charge in [0.1, 0.15) is 0 Å². The first-order valence-corrected chi connectivity index (χ1v) is 6.96. The van der Waals surface area contributed by atoms with Crippen molar-refractivity contribution in [1.82, 2.24) is 0 Å². The summed E-state index contributed by atoms with van der Waals surface area (Å²) in [4.78, 5) is 22.7. The van der Waals surface area contributed by atoms with E-state index in [0.29, 0.717) is 22.2 Å². The van der Waals surface area contributed by atoms with E-state index >= 15 is 0 Å². The van der Waals surface area contributed by atoms with Crippen LogP contribution in [0.5, 0.6) is 0 Å². The average Bonchev–Trinajstić information content (AvgIpc) is 2.32. The van der Waals surface area contributed by atoms with E-state index in [1.54, 1.807) is 25.1 Å². The molecule has 20 heavy (non-hydrogen) atoms. The second-order valence-corrected chi connectivity index (χ2v) is 5.88. The molecule has 110 valence electrons. The lowest BCUT2D eigenvalue weighted by atomic mass is 9.80. The van der Waals surface area contributed by atoms with Gasteiger partial charge >= 0.3 is 0 Å². The van der Waals surface area contributed by atoms with E-state index in [0.717, 1.165) is 0 Å². The van der Waals surface area contributed by atoms with E-state index in [-0.39, 0.29) is 18.7 Å². The van der Waals surface area contributed by atoms with Crippen molar-refractivity contribution in [2.24, 2.45) is 5.41 Å². The van der Waals surface area contributed by atoms with E-state index in [9.17, 15) is 14.7 Å². The summed E-state index contributed by atoms with van der Waals surface area (Å²) < 4.78 is 0. The third-order valence-corrected chi connectivity index (χ3v) is 3.95. The molecule has 6 heteroatoms. The highest BCUT2D eigenvalue weighted by Gasteiger charge is 2.26. The van der Waals surface area contributed by atoms with Crippen LogP contribution in [-0.4, -0.2) is 11.9 Å². The van der Waals surface area contributed by atoms with Crippen LogP contribution in [0.2, 0.25) is 10.0 Å². The lowest BCUT2D eigenvalue weighted by Crippen LogP contribution is -2.33. The summed E-state index contributed by atoms with van der Waals surface area (Å²) in [6.07, 6.45) is 0.506. The van der Waals surface area contributed by atoms with Crippen molar-refractivity contribution in [1.29, 1.82) is 0 Å². The van der Waals surface area contributed by atoms with Gasteiger partial charge in [0, 0.05) is 18.1 Å². The lowest BCUT2D eigenvalue weighted by Gasteiger charge is -2.28. The quantitative estimate of drug-likeness (QED) is 0.877. The summed E-state index contributed by atoms with van der Waals surface area (Å²) in [5, 5.41) is 14.1. The zero-order chi connectivity index (χ0) is 15.3. The molecule has 0 radical (unpaired) electrons. The normalized spacial score (nSPS) is 13.6. The fourth-order valence-corrected chi connectivity index (χ4v) is 2.13. The number of carbonyl (C=O) groups is 2. The van der Waals surface area contributed by atoms with Crippen LogP contribution in [0.4, 0.5) is 5.69 Å². The first-order valence-electron chi connectivity index (χ1n) is 6.20. The number of carboxylic acids is 1. The molecule has 0 aromatic heterocycles. The summed E-state index contributed by atoms with van der Waals surface area (Å²) >= 11 is 11.6. The molecule has 0 heterocycles. The molecule has 4 nitrogen and oxygen atoms in total. The van der Waals surface area contributed by atoms with E-state index in [1.807, 2.05) is 6.92 Å². The van der Waals surface area contributed by atoms with Gasteiger partial charge in [-0.05, 0) is 36.5 Å². The van der Waals surface area contributed by atoms with Gasteiger partial charge < -0.3 is 15.2 Å². The molecule has 0 bridgehead atoms. The summed E-state index contributed by atoms with van der Waals surface area (Å²) in [5.74, 6) is -1.43. The van der Waals surface area contributed by atoms with E-state index < -0.39 is 11.4 Å². The zero-order valence-electron chi connectivity index (χ0n) is 11.3. The average molecular weight is 317 g/mol. The number of aliphatic carboxylic acids is 1. The maximum absolute atomic E-state index is 12.0. The molecule has 1 atom stereocenters. The maximum atomic E-state index is 12.0. The predicted octanol–water partition coefficient (Wildman–Crippen LogP) is 2.88. The number of halogens is 2. The highest BCUT2D eigenvalue weighted by atomic mass is 35.5. The van der Waals surface area contributed by atoms with Crippen molar-refractivity contribution in [2.45, 2.75) is 33.1 Å². The van der Waals surface area contributed by atoms with Gasteiger partial charge in [0.15, 0.2) is 0 Å². The third-order valence-electron chi connectivity index (χ3n) is 3.22. The highest BCUT2D eigenvalue weighted by molar-refractivity contribution is 6.42. The summed E-state index contributed by atoms with van der Waals surface area (Å²) in [6.45, 7) is 3.59. The molecule has 1 N–H and O–H groups in total. The molecular weight excluding hydrogens is 301 g/mol. The fourth-order valence-electron chi connectivity index (χ4n) is 1.83. The first kappa shape index (κ1) is 16.8. The van der Waals surface area contributed by atoms with Crippen molar-refractivity contribution in [2.75, 3.05) is 5.32 Å². The zero-order valence-corrected chi connectivity index (χ0v) is 12.8. The monoisotopic (exact) mass is 316 g/mol. The van der Waals surface area contributed by atoms with Gasteiger partial charge in [-0.2, -0.15) is 0 Å². The Bertz CT molecular complexity index is 519. The lowest BCUT2D eigenvalue weighted by molar-refractivity contribution is -0.308. The molecule has 1 rings (SSSR count). The van der Waals surface area contributed by atoms with Gasteiger partial charge in [-0.1, -0.05) is 37.0 Å². The first-order chi connectivity index (χ1) is 9.25. The molecule has 0 aliphatic heterocycles. The number of carboxylic acid groups (broad SMARTS) is 1. The molecule has 0 aliphatic rings. The molecule has 0 fully saturated rings. The molecule has 0 aliphatic carbocycles. The second-order valence-electron chi connectivity index (χ2n) is 5.07. The Morgan fingerprint density at radius 3 is 2.40 bits per heavy atom. The fraction of sp³-hybridized carbons (Fsp3) is 0.429. The van der Waals surface area contributed by atoms with Crippen LogP contribution < -0.4 is 10.4 Å². The van der Waals surface area contributed by atoms with Crippen LogP contribution in [0.1, 0.15) is 33.1 Å².